The number of carbonyl (C=O) groups is 2. The maximum absolute atomic E-state index is 13.1. The molecule has 2 amide bonds. The summed E-state index contributed by atoms with van der Waals surface area (Å²) in [6.45, 7) is 1.29. The Morgan fingerprint density at radius 2 is 1.70 bits per heavy atom. The highest BCUT2D eigenvalue weighted by Crippen LogP contribution is 2.29. The summed E-state index contributed by atoms with van der Waals surface area (Å²) in [6, 6.07) is 14.3. The third-order valence-corrected chi connectivity index (χ3v) is 5.25. The Morgan fingerprint density at radius 3 is 2.30 bits per heavy atom. The Labute approximate surface area is 158 Å². The maximum Gasteiger partial charge on any atom is 0.227 e. The van der Waals surface area contributed by atoms with Crippen LogP contribution in [0, 0.1) is 5.82 Å². The van der Waals surface area contributed by atoms with Gasteiger partial charge in [0.05, 0.1) is 6.42 Å². The van der Waals surface area contributed by atoms with E-state index in [9.17, 15) is 14.0 Å². The van der Waals surface area contributed by atoms with Crippen LogP contribution < -0.4 is 4.90 Å². The van der Waals surface area contributed by atoms with Crippen LogP contribution in [0.4, 0.5) is 10.1 Å². The van der Waals surface area contributed by atoms with Crippen molar-refractivity contribution in [2.75, 3.05) is 11.4 Å². The highest BCUT2D eigenvalue weighted by atomic mass is 19.1. The third-order valence-electron chi connectivity index (χ3n) is 5.25. The topological polar surface area (TPSA) is 40.6 Å². The normalized spacial score (nSPS) is 16.6. The number of rotatable bonds is 6. The number of anilines is 1. The second-order valence-electron chi connectivity index (χ2n) is 7.37. The predicted octanol–water partition coefficient (Wildman–Crippen LogP) is 3.69. The molecule has 1 saturated heterocycles. The fourth-order valence-corrected chi connectivity index (χ4v) is 3.58. The van der Waals surface area contributed by atoms with E-state index in [4.69, 9.17) is 0 Å². The van der Waals surface area contributed by atoms with E-state index in [1.165, 1.54) is 12.1 Å². The van der Waals surface area contributed by atoms with Gasteiger partial charge in [-0.2, -0.15) is 0 Å². The van der Waals surface area contributed by atoms with Gasteiger partial charge in [-0.25, -0.2) is 4.39 Å². The molecule has 2 aromatic rings. The molecule has 2 fully saturated rings. The molecule has 4 rings (SSSR count). The lowest BCUT2D eigenvalue weighted by atomic mass is 10.1. The highest BCUT2D eigenvalue weighted by Gasteiger charge is 2.32. The smallest absolute Gasteiger partial charge is 0.227 e. The summed E-state index contributed by atoms with van der Waals surface area (Å²) in [5.41, 5.74) is 2.79. The molecule has 0 unspecified atom stereocenters. The van der Waals surface area contributed by atoms with E-state index in [1.807, 2.05) is 29.2 Å². The molecular weight excluding hydrogens is 343 g/mol. The molecule has 2 aliphatic rings. The van der Waals surface area contributed by atoms with Gasteiger partial charge in [0, 0.05) is 31.2 Å². The molecule has 1 saturated carbocycles. The molecule has 140 valence electrons. The van der Waals surface area contributed by atoms with Crippen molar-refractivity contribution in [1.29, 1.82) is 0 Å². The Kier molecular flexibility index (Phi) is 4.92. The van der Waals surface area contributed by atoms with Crippen molar-refractivity contribution < 1.29 is 14.0 Å². The SMILES string of the molecule is O=C1CCCN1c1ccc(CC(=O)N(Cc2ccc(F)cc2)C2CC2)cc1. The van der Waals surface area contributed by atoms with Crippen LogP contribution in [-0.2, 0) is 22.6 Å². The zero-order valence-corrected chi connectivity index (χ0v) is 15.2. The summed E-state index contributed by atoms with van der Waals surface area (Å²) in [4.78, 5) is 28.4. The lowest BCUT2D eigenvalue weighted by molar-refractivity contribution is -0.131. The predicted molar refractivity (Wildman–Crippen MR) is 102 cm³/mol. The first-order valence-electron chi connectivity index (χ1n) is 9.53. The van der Waals surface area contributed by atoms with Crippen molar-refractivity contribution >= 4 is 17.5 Å². The van der Waals surface area contributed by atoms with Gasteiger partial charge in [0.15, 0.2) is 0 Å². The van der Waals surface area contributed by atoms with Gasteiger partial charge < -0.3 is 9.80 Å². The molecule has 0 bridgehead atoms. The van der Waals surface area contributed by atoms with Crippen molar-refractivity contribution in [3.8, 4) is 0 Å². The van der Waals surface area contributed by atoms with Gasteiger partial charge in [-0.15, -0.1) is 0 Å². The van der Waals surface area contributed by atoms with Crippen LogP contribution in [0.2, 0.25) is 0 Å². The maximum atomic E-state index is 13.1. The van der Waals surface area contributed by atoms with Crippen molar-refractivity contribution in [2.45, 2.75) is 44.7 Å². The van der Waals surface area contributed by atoms with E-state index in [0.29, 0.717) is 25.4 Å². The van der Waals surface area contributed by atoms with Gasteiger partial charge in [0.25, 0.3) is 0 Å². The monoisotopic (exact) mass is 366 g/mol. The summed E-state index contributed by atoms with van der Waals surface area (Å²) in [7, 11) is 0. The summed E-state index contributed by atoms with van der Waals surface area (Å²) in [6.07, 6.45) is 3.91. The van der Waals surface area contributed by atoms with E-state index in [1.54, 1.807) is 17.0 Å². The minimum Gasteiger partial charge on any atom is -0.335 e. The second kappa shape index (κ2) is 7.51. The molecule has 2 aromatic carbocycles. The first kappa shape index (κ1) is 17.7. The molecular formula is C22H23FN2O2. The number of carbonyl (C=O) groups excluding carboxylic acids is 2. The van der Waals surface area contributed by atoms with Crippen LogP contribution in [0.15, 0.2) is 48.5 Å². The van der Waals surface area contributed by atoms with Crippen molar-refractivity contribution in [3.05, 3.63) is 65.5 Å². The minimum absolute atomic E-state index is 0.0897. The molecule has 1 heterocycles. The first-order chi connectivity index (χ1) is 13.1. The number of halogens is 1. The molecule has 27 heavy (non-hydrogen) atoms. The zero-order chi connectivity index (χ0) is 18.8. The van der Waals surface area contributed by atoms with Crippen LogP contribution in [0.5, 0.6) is 0 Å². The van der Waals surface area contributed by atoms with E-state index in [0.717, 1.165) is 42.6 Å². The number of nitrogens with zero attached hydrogens (tertiary/aromatic N) is 2. The zero-order valence-electron chi connectivity index (χ0n) is 15.2. The summed E-state index contributed by atoms with van der Waals surface area (Å²) < 4.78 is 13.1. The Hall–Kier alpha value is -2.69. The van der Waals surface area contributed by atoms with E-state index >= 15 is 0 Å². The number of amides is 2. The van der Waals surface area contributed by atoms with Gasteiger partial charge in [-0.05, 0) is 54.7 Å². The van der Waals surface area contributed by atoms with Crippen molar-refractivity contribution in [3.63, 3.8) is 0 Å². The fourth-order valence-electron chi connectivity index (χ4n) is 3.58. The summed E-state index contributed by atoms with van der Waals surface area (Å²) in [5.74, 6) is -0.00974. The van der Waals surface area contributed by atoms with Crippen LogP contribution in [0.25, 0.3) is 0 Å². The minimum atomic E-state index is -0.264. The van der Waals surface area contributed by atoms with Gasteiger partial charge in [-0.1, -0.05) is 24.3 Å². The molecule has 1 aliphatic carbocycles. The third kappa shape index (κ3) is 4.18. The quantitative estimate of drug-likeness (QED) is 0.782. The van der Waals surface area contributed by atoms with Gasteiger partial charge in [-0.3, -0.25) is 9.59 Å². The molecule has 0 spiro atoms. The first-order valence-corrected chi connectivity index (χ1v) is 9.53. The molecule has 0 N–H and O–H groups in total. The molecule has 5 heteroatoms. The van der Waals surface area contributed by atoms with E-state index in [2.05, 4.69) is 0 Å². The van der Waals surface area contributed by atoms with Gasteiger partial charge >= 0.3 is 0 Å². The van der Waals surface area contributed by atoms with Crippen LogP contribution >= 0.6 is 0 Å². The lowest BCUT2D eigenvalue weighted by Gasteiger charge is -2.23. The molecule has 4 nitrogen and oxygen atoms in total. The van der Waals surface area contributed by atoms with Crippen LogP contribution in [0.3, 0.4) is 0 Å². The number of hydrogen-bond donors (Lipinski definition) is 0. The van der Waals surface area contributed by atoms with E-state index < -0.39 is 0 Å². The molecule has 1 aliphatic heterocycles. The largest absolute Gasteiger partial charge is 0.335 e. The fraction of sp³-hybridized carbons (Fsp3) is 0.364. The molecule has 0 aromatic heterocycles. The van der Waals surface area contributed by atoms with Crippen LogP contribution in [0.1, 0.15) is 36.8 Å². The van der Waals surface area contributed by atoms with Gasteiger partial charge in [0.2, 0.25) is 11.8 Å². The van der Waals surface area contributed by atoms with Crippen LogP contribution in [-0.4, -0.2) is 29.3 Å². The summed E-state index contributed by atoms with van der Waals surface area (Å²) in [5, 5.41) is 0. The van der Waals surface area contributed by atoms with Gasteiger partial charge in [0.1, 0.15) is 5.82 Å². The number of benzene rings is 2. The molecule has 0 radical (unpaired) electrons. The standard InChI is InChI=1S/C22H23FN2O2/c23-18-7-3-17(4-8-18)15-25(20-11-12-20)22(27)14-16-5-9-19(10-6-16)24-13-1-2-21(24)26/h3-10,20H,1-2,11-15H2. The summed E-state index contributed by atoms with van der Waals surface area (Å²) >= 11 is 0. The highest BCUT2D eigenvalue weighted by molar-refractivity contribution is 5.95. The average Bonchev–Trinajstić information content (AvgIpc) is 3.42. The lowest BCUT2D eigenvalue weighted by Crippen LogP contribution is -2.33. The van der Waals surface area contributed by atoms with E-state index in [-0.39, 0.29) is 17.6 Å². The Morgan fingerprint density at radius 1 is 1.04 bits per heavy atom. The number of hydrogen-bond acceptors (Lipinski definition) is 2. The van der Waals surface area contributed by atoms with Crippen molar-refractivity contribution in [1.82, 2.24) is 4.90 Å². The Balaban J connectivity index is 1.41. The average molecular weight is 366 g/mol. The van der Waals surface area contributed by atoms with Crippen molar-refractivity contribution in [2.24, 2.45) is 0 Å². The second-order valence-corrected chi connectivity index (χ2v) is 7.37. The molecule has 0 atom stereocenters. The Bertz CT molecular complexity index is 828.